The van der Waals surface area contributed by atoms with Gasteiger partial charge in [-0.15, -0.1) is 0 Å². The van der Waals surface area contributed by atoms with E-state index in [9.17, 15) is 0 Å². The molecule has 3 aliphatic rings. The maximum absolute atomic E-state index is 2.62. The molecular weight excluding hydrogens is 735 g/mol. The van der Waals surface area contributed by atoms with Crippen LogP contribution in [-0.2, 0) is 10.8 Å². The van der Waals surface area contributed by atoms with Crippen molar-refractivity contribution >= 4 is 17.1 Å². The molecule has 0 bridgehead atoms. The van der Waals surface area contributed by atoms with Crippen molar-refractivity contribution in [2.75, 3.05) is 4.90 Å². The summed E-state index contributed by atoms with van der Waals surface area (Å²) < 4.78 is 0. The summed E-state index contributed by atoms with van der Waals surface area (Å²) in [7, 11) is 0. The standard InChI is InChI=1S/C60H61N/c1-59(2,3)49-30-32-50(33-31-49)60(4)56-26-16-14-25-54(56)55-37-36-52(41-57(55)60)61(58-27-17-15-24-53(58)45-22-12-7-13-23-45)51-34-28-44(29-35-51)48-39-46(42-18-8-5-9-19-42)38-47(40-48)43-20-10-6-11-21-43/h7,12-17,22-43H,5-6,8-11,18-21H2,1-4H3. The maximum atomic E-state index is 2.62. The molecule has 0 heterocycles. The van der Waals surface area contributed by atoms with E-state index in [1.165, 1.54) is 131 Å². The van der Waals surface area contributed by atoms with Gasteiger partial charge in [0.25, 0.3) is 0 Å². The number of anilines is 3. The molecule has 7 aromatic carbocycles. The van der Waals surface area contributed by atoms with Gasteiger partial charge in [-0.1, -0.05) is 193 Å². The second kappa shape index (κ2) is 16.3. The minimum absolute atomic E-state index is 0.0934. The highest BCUT2D eigenvalue weighted by Crippen LogP contribution is 2.54. The first-order valence-corrected chi connectivity index (χ1v) is 23.3. The fourth-order valence-corrected chi connectivity index (χ4v) is 11.2. The van der Waals surface area contributed by atoms with E-state index in [0.717, 1.165) is 5.69 Å². The van der Waals surface area contributed by atoms with Crippen molar-refractivity contribution in [1.82, 2.24) is 0 Å². The molecule has 0 amide bonds. The fourth-order valence-electron chi connectivity index (χ4n) is 11.2. The van der Waals surface area contributed by atoms with Crippen LogP contribution in [0.15, 0.2) is 164 Å². The first-order valence-electron chi connectivity index (χ1n) is 23.3. The molecule has 0 N–H and O–H groups in total. The molecule has 0 spiro atoms. The molecule has 0 saturated heterocycles. The zero-order valence-electron chi connectivity index (χ0n) is 36.8. The predicted octanol–water partition coefficient (Wildman–Crippen LogP) is 17.2. The lowest BCUT2D eigenvalue weighted by atomic mass is 9.73. The van der Waals surface area contributed by atoms with Crippen LogP contribution in [0.2, 0.25) is 0 Å². The van der Waals surface area contributed by atoms with Gasteiger partial charge in [0.2, 0.25) is 0 Å². The van der Waals surface area contributed by atoms with Crippen LogP contribution in [-0.4, -0.2) is 0 Å². The first-order chi connectivity index (χ1) is 29.8. The molecular formula is C60H61N. The molecule has 61 heavy (non-hydrogen) atoms. The number of para-hydroxylation sites is 1. The second-order valence-corrected chi connectivity index (χ2v) is 19.6. The van der Waals surface area contributed by atoms with Crippen molar-refractivity contribution < 1.29 is 0 Å². The third-order valence-corrected chi connectivity index (χ3v) is 14.7. The summed E-state index contributed by atoms with van der Waals surface area (Å²) in [4.78, 5) is 2.50. The molecule has 1 atom stereocenters. The summed E-state index contributed by atoms with van der Waals surface area (Å²) in [6.45, 7) is 9.34. The second-order valence-electron chi connectivity index (χ2n) is 19.6. The highest BCUT2D eigenvalue weighted by atomic mass is 15.1. The van der Waals surface area contributed by atoms with Crippen molar-refractivity contribution in [2.24, 2.45) is 0 Å². The SMILES string of the molecule is CC(C)(C)c1ccc(C2(C)c3ccccc3-c3ccc(N(c4ccc(-c5cc(C6CCCCC6)cc(C6CCCCC6)c5)cc4)c4ccccc4-c4ccccc4)cc32)cc1. The van der Waals surface area contributed by atoms with Crippen LogP contribution in [0.25, 0.3) is 33.4 Å². The zero-order valence-corrected chi connectivity index (χ0v) is 36.8. The first kappa shape index (κ1) is 39.5. The van der Waals surface area contributed by atoms with Gasteiger partial charge >= 0.3 is 0 Å². The lowest BCUT2D eigenvalue weighted by Crippen LogP contribution is -2.23. The predicted molar refractivity (Wildman–Crippen MR) is 260 cm³/mol. The van der Waals surface area contributed by atoms with Crippen molar-refractivity contribution in [1.29, 1.82) is 0 Å². The fraction of sp³-hybridized carbons (Fsp3) is 0.300. The van der Waals surface area contributed by atoms with E-state index in [4.69, 9.17) is 0 Å². The van der Waals surface area contributed by atoms with Gasteiger partial charge in [-0.25, -0.2) is 0 Å². The van der Waals surface area contributed by atoms with Gasteiger partial charge in [-0.05, 0) is 141 Å². The minimum Gasteiger partial charge on any atom is -0.310 e. The number of hydrogen-bond donors (Lipinski definition) is 0. The Bertz CT molecular complexity index is 2600. The Labute approximate surface area is 365 Å². The maximum Gasteiger partial charge on any atom is 0.0540 e. The van der Waals surface area contributed by atoms with Crippen molar-refractivity contribution in [2.45, 2.75) is 115 Å². The van der Waals surface area contributed by atoms with Crippen molar-refractivity contribution in [3.05, 3.63) is 197 Å². The summed E-state index contributed by atoms with van der Waals surface area (Å²) in [5.74, 6) is 1.38. The Morgan fingerprint density at radius 3 is 1.64 bits per heavy atom. The van der Waals surface area contributed by atoms with E-state index in [1.54, 1.807) is 11.1 Å². The van der Waals surface area contributed by atoms with Crippen LogP contribution < -0.4 is 4.90 Å². The van der Waals surface area contributed by atoms with Gasteiger partial charge in [0.1, 0.15) is 0 Å². The molecule has 1 unspecified atom stereocenters. The Morgan fingerprint density at radius 1 is 0.443 bits per heavy atom. The Kier molecular flexibility index (Phi) is 10.6. The molecule has 306 valence electrons. The molecule has 2 saturated carbocycles. The highest BCUT2D eigenvalue weighted by Gasteiger charge is 2.41. The molecule has 0 aliphatic heterocycles. The van der Waals surface area contributed by atoms with Gasteiger partial charge in [0.15, 0.2) is 0 Å². The third-order valence-electron chi connectivity index (χ3n) is 14.7. The molecule has 1 heteroatoms. The van der Waals surface area contributed by atoms with Gasteiger partial charge < -0.3 is 4.90 Å². The van der Waals surface area contributed by atoms with E-state index in [-0.39, 0.29) is 10.8 Å². The van der Waals surface area contributed by atoms with Gasteiger partial charge in [0.05, 0.1) is 5.69 Å². The van der Waals surface area contributed by atoms with E-state index in [0.29, 0.717) is 11.8 Å². The Balaban J connectivity index is 1.11. The van der Waals surface area contributed by atoms with Gasteiger partial charge in [-0.3, -0.25) is 0 Å². The van der Waals surface area contributed by atoms with E-state index in [1.807, 2.05) is 0 Å². The topological polar surface area (TPSA) is 3.24 Å². The van der Waals surface area contributed by atoms with Gasteiger partial charge in [-0.2, -0.15) is 0 Å². The molecule has 7 aromatic rings. The number of nitrogens with zero attached hydrogens (tertiary/aromatic N) is 1. The Hall–Kier alpha value is -5.66. The van der Waals surface area contributed by atoms with Crippen molar-refractivity contribution in [3.8, 4) is 33.4 Å². The van der Waals surface area contributed by atoms with Crippen molar-refractivity contribution in [3.63, 3.8) is 0 Å². The van der Waals surface area contributed by atoms with Gasteiger partial charge in [0, 0.05) is 22.4 Å². The lowest BCUT2D eigenvalue weighted by molar-refractivity contribution is 0.435. The van der Waals surface area contributed by atoms with Crippen LogP contribution in [0.5, 0.6) is 0 Å². The number of benzene rings is 7. The zero-order chi connectivity index (χ0) is 41.6. The highest BCUT2D eigenvalue weighted by molar-refractivity contribution is 5.91. The Morgan fingerprint density at radius 2 is 1.00 bits per heavy atom. The van der Waals surface area contributed by atoms with E-state index < -0.39 is 0 Å². The van der Waals surface area contributed by atoms with Crippen LogP contribution in [0, 0.1) is 0 Å². The monoisotopic (exact) mass is 795 g/mol. The summed E-state index contributed by atoms with van der Waals surface area (Å²) >= 11 is 0. The third kappa shape index (κ3) is 7.45. The lowest BCUT2D eigenvalue weighted by Gasteiger charge is -2.32. The van der Waals surface area contributed by atoms with Crippen LogP contribution >= 0.6 is 0 Å². The normalized spacial score (nSPS) is 18.1. The van der Waals surface area contributed by atoms with Crippen LogP contribution in [0.1, 0.15) is 137 Å². The summed E-state index contributed by atoms with van der Waals surface area (Å²) in [5, 5.41) is 0. The molecule has 0 aromatic heterocycles. The summed E-state index contributed by atoms with van der Waals surface area (Å²) in [6, 6.07) is 62.8. The van der Waals surface area contributed by atoms with E-state index in [2.05, 4.69) is 196 Å². The molecule has 3 aliphatic carbocycles. The quantitative estimate of drug-likeness (QED) is 0.148. The smallest absolute Gasteiger partial charge is 0.0540 e. The summed E-state index contributed by atoms with van der Waals surface area (Å²) in [5.41, 5.74) is 19.6. The molecule has 0 radical (unpaired) electrons. The number of rotatable bonds is 8. The average Bonchev–Trinajstić information content (AvgIpc) is 3.58. The number of hydrogen-bond acceptors (Lipinski definition) is 1. The minimum atomic E-state index is -0.313. The largest absolute Gasteiger partial charge is 0.310 e. The van der Waals surface area contributed by atoms with Crippen LogP contribution in [0.4, 0.5) is 17.1 Å². The molecule has 1 nitrogen and oxygen atoms in total. The average molecular weight is 796 g/mol. The van der Waals surface area contributed by atoms with E-state index >= 15 is 0 Å². The molecule has 2 fully saturated rings. The number of fused-ring (bicyclic) bond motifs is 3. The molecule has 10 rings (SSSR count). The summed E-state index contributed by atoms with van der Waals surface area (Å²) in [6.07, 6.45) is 13.5. The van der Waals surface area contributed by atoms with Crippen LogP contribution in [0.3, 0.4) is 0 Å².